The van der Waals surface area contributed by atoms with Crippen molar-refractivity contribution in [1.82, 2.24) is 14.8 Å². The summed E-state index contributed by atoms with van der Waals surface area (Å²) < 4.78 is 16.4. The molecular formula is C24H23ClFN5OS. The van der Waals surface area contributed by atoms with Gasteiger partial charge in [-0.05, 0) is 62.6 Å². The molecule has 5 rings (SSSR count). The van der Waals surface area contributed by atoms with Crippen LogP contribution >= 0.6 is 22.9 Å². The molecule has 1 N–H and O–H groups in total. The van der Waals surface area contributed by atoms with Crippen LogP contribution in [0.15, 0.2) is 42.5 Å². The Kier molecular flexibility index (Phi) is 5.80. The highest BCUT2D eigenvalue weighted by atomic mass is 35.5. The summed E-state index contributed by atoms with van der Waals surface area (Å²) in [6.07, 6.45) is 1.72. The highest BCUT2D eigenvalue weighted by molar-refractivity contribution is 7.22. The van der Waals surface area contributed by atoms with Crippen LogP contribution in [-0.4, -0.2) is 33.8 Å². The van der Waals surface area contributed by atoms with E-state index in [1.165, 1.54) is 12.1 Å². The fourth-order valence-electron chi connectivity index (χ4n) is 4.19. The zero-order chi connectivity index (χ0) is 23.1. The second-order valence-corrected chi connectivity index (χ2v) is 9.70. The molecule has 1 atom stereocenters. The standard InChI is InChI=1S/C24H23ClFN5OS/c1-14-19(25)9-4-10-20(14)27-23(32)16-6-5-11-30(13-16)24-28-22-21(33-24)15(2)29-31(22)18-8-3-7-17(26)12-18/h3-4,7-10,12,16H,5-6,11,13H2,1-2H3,(H,27,32)/t16-/m1/s1. The van der Waals surface area contributed by atoms with Crippen molar-refractivity contribution in [1.29, 1.82) is 0 Å². The molecule has 0 aliphatic carbocycles. The lowest BCUT2D eigenvalue weighted by atomic mass is 9.97. The first-order valence-electron chi connectivity index (χ1n) is 10.8. The zero-order valence-electron chi connectivity index (χ0n) is 18.3. The van der Waals surface area contributed by atoms with Crippen molar-refractivity contribution < 1.29 is 9.18 Å². The molecule has 33 heavy (non-hydrogen) atoms. The summed E-state index contributed by atoms with van der Waals surface area (Å²) >= 11 is 7.76. The fourth-order valence-corrected chi connectivity index (χ4v) is 5.38. The van der Waals surface area contributed by atoms with Crippen molar-refractivity contribution in [2.75, 3.05) is 23.3 Å². The first kappa shape index (κ1) is 21.9. The van der Waals surface area contributed by atoms with Crippen molar-refractivity contribution in [3.05, 3.63) is 64.6 Å². The minimum atomic E-state index is -0.316. The van der Waals surface area contributed by atoms with Gasteiger partial charge in [-0.25, -0.2) is 9.07 Å². The smallest absolute Gasteiger partial charge is 0.229 e. The zero-order valence-corrected chi connectivity index (χ0v) is 19.9. The number of piperidine rings is 1. The highest BCUT2D eigenvalue weighted by Gasteiger charge is 2.29. The second kappa shape index (κ2) is 8.76. The van der Waals surface area contributed by atoms with Crippen LogP contribution in [0.25, 0.3) is 16.0 Å². The number of benzene rings is 2. The Labute approximate surface area is 200 Å². The monoisotopic (exact) mass is 483 g/mol. The van der Waals surface area contributed by atoms with E-state index in [9.17, 15) is 9.18 Å². The summed E-state index contributed by atoms with van der Waals surface area (Å²) in [4.78, 5) is 20.0. The number of aromatic nitrogens is 3. The average molecular weight is 484 g/mol. The molecule has 9 heteroatoms. The first-order valence-corrected chi connectivity index (χ1v) is 12.0. The van der Waals surface area contributed by atoms with E-state index < -0.39 is 0 Å². The molecule has 0 radical (unpaired) electrons. The number of hydrogen-bond acceptors (Lipinski definition) is 5. The Morgan fingerprint density at radius 3 is 2.88 bits per heavy atom. The summed E-state index contributed by atoms with van der Waals surface area (Å²) in [5, 5.41) is 9.09. The number of nitrogens with zero attached hydrogens (tertiary/aromatic N) is 4. The Morgan fingerprint density at radius 1 is 1.24 bits per heavy atom. The van der Waals surface area contributed by atoms with E-state index in [0.717, 1.165) is 46.2 Å². The number of hydrogen-bond donors (Lipinski definition) is 1. The summed E-state index contributed by atoms with van der Waals surface area (Å²) in [6.45, 7) is 5.26. The van der Waals surface area contributed by atoms with Gasteiger partial charge in [-0.1, -0.05) is 35.1 Å². The molecular weight excluding hydrogens is 461 g/mol. The average Bonchev–Trinajstić information content (AvgIpc) is 3.38. The van der Waals surface area contributed by atoms with Crippen LogP contribution in [0.1, 0.15) is 24.1 Å². The molecule has 2 aromatic heterocycles. The van der Waals surface area contributed by atoms with Gasteiger partial charge in [-0.3, -0.25) is 4.79 Å². The van der Waals surface area contributed by atoms with E-state index in [-0.39, 0.29) is 17.6 Å². The van der Waals surface area contributed by atoms with Crippen molar-refractivity contribution >= 4 is 50.0 Å². The number of halogens is 2. The van der Waals surface area contributed by atoms with E-state index in [2.05, 4.69) is 15.3 Å². The van der Waals surface area contributed by atoms with Gasteiger partial charge in [-0.15, -0.1) is 0 Å². The molecule has 1 aliphatic heterocycles. The predicted molar refractivity (Wildman–Crippen MR) is 131 cm³/mol. The molecule has 0 spiro atoms. The van der Waals surface area contributed by atoms with Gasteiger partial charge in [0.15, 0.2) is 10.8 Å². The fraction of sp³-hybridized carbons (Fsp3) is 0.292. The predicted octanol–water partition coefficient (Wildman–Crippen LogP) is 5.75. The van der Waals surface area contributed by atoms with Crippen LogP contribution < -0.4 is 10.2 Å². The Morgan fingerprint density at radius 2 is 2.06 bits per heavy atom. The molecule has 1 amide bonds. The van der Waals surface area contributed by atoms with E-state index in [4.69, 9.17) is 16.6 Å². The van der Waals surface area contributed by atoms with Gasteiger partial charge in [0.25, 0.3) is 0 Å². The molecule has 0 unspecified atom stereocenters. The van der Waals surface area contributed by atoms with E-state index in [1.54, 1.807) is 22.1 Å². The molecule has 0 saturated carbocycles. The number of rotatable bonds is 4. The van der Waals surface area contributed by atoms with E-state index in [1.807, 2.05) is 38.1 Å². The molecule has 4 aromatic rings. The van der Waals surface area contributed by atoms with Crippen LogP contribution in [0.5, 0.6) is 0 Å². The third-order valence-electron chi connectivity index (χ3n) is 6.02. The number of carbonyl (C=O) groups is 1. The SMILES string of the molecule is Cc1c(Cl)cccc1NC(=O)[C@@H]1CCCN(c2nc3c(s2)c(C)nn3-c2cccc(F)c2)C1. The lowest BCUT2D eigenvalue weighted by Gasteiger charge is -2.31. The van der Waals surface area contributed by atoms with Crippen molar-refractivity contribution in [3.8, 4) is 5.69 Å². The topological polar surface area (TPSA) is 63.1 Å². The van der Waals surface area contributed by atoms with Gasteiger partial charge in [0.05, 0.1) is 22.0 Å². The van der Waals surface area contributed by atoms with Crippen LogP contribution in [-0.2, 0) is 4.79 Å². The van der Waals surface area contributed by atoms with Crippen molar-refractivity contribution in [2.45, 2.75) is 26.7 Å². The number of carbonyl (C=O) groups excluding carboxylic acids is 1. The van der Waals surface area contributed by atoms with Crippen LogP contribution in [0.2, 0.25) is 5.02 Å². The summed E-state index contributed by atoms with van der Waals surface area (Å²) in [6, 6.07) is 11.9. The van der Waals surface area contributed by atoms with Crippen molar-refractivity contribution in [3.63, 3.8) is 0 Å². The molecule has 1 fully saturated rings. The third-order valence-corrected chi connectivity index (χ3v) is 7.64. The number of thiazole rings is 1. The van der Waals surface area contributed by atoms with Gasteiger partial charge in [0.2, 0.25) is 5.91 Å². The molecule has 170 valence electrons. The largest absolute Gasteiger partial charge is 0.347 e. The minimum absolute atomic E-state index is 0.00621. The number of amides is 1. The molecule has 0 bridgehead atoms. The maximum atomic E-state index is 13.8. The second-order valence-electron chi connectivity index (χ2n) is 8.31. The Bertz CT molecular complexity index is 1350. The van der Waals surface area contributed by atoms with E-state index in [0.29, 0.717) is 22.9 Å². The Hall–Kier alpha value is -2.97. The Balaban J connectivity index is 1.38. The van der Waals surface area contributed by atoms with Gasteiger partial charge in [0.1, 0.15) is 5.82 Å². The lowest BCUT2D eigenvalue weighted by Crippen LogP contribution is -2.40. The minimum Gasteiger partial charge on any atom is -0.347 e. The molecule has 2 aromatic carbocycles. The number of aryl methyl sites for hydroxylation is 1. The number of fused-ring (bicyclic) bond motifs is 1. The number of nitrogens with one attached hydrogen (secondary N) is 1. The summed E-state index contributed by atoms with van der Waals surface area (Å²) in [5.41, 5.74) is 3.80. The van der Waals surface area contributed by atoms with E-state index >= 15 is 0 Å². The van der Waals surface area contributed by atoms with Crippen LogP contribution in [0, 0.1) is 25.6 Å². The molecule has 6 nitrogen and oxygen atoms in total. The number of anilines is 2. The molecule has 1 saturated heterocycles. The van der Waals surface area contributed by atoms with Gasteiger partial charge < -0.3 is 10.2 Å². The summed E-state index contributed by atoms with van der Waals surface area (Å²) in [7, 11) is 0. The first-order chi connectivity index (χ1) is 15.9. The van der Waals surface area contributed by atoms with Crippen molar-refractivity contribution in [2.24, 2.45) is 5.92 Å². The van der Waals surface area contributed by atoms with Crippen LogP contribution in [0.3, 0.4) is 0 Å². The third kappa shape index (κ3) is 4.20. The quantitative estimate of drug-likeness (QED) is 0.401. The van der Waals surface area contributed by atoms with Crippen LogP contribution in [0.4, 0.5) is 15.2 Å². The highest BCUT2D eigenvalue weighted by Crippen LogP contribution is 2.35. The molecule has 1 aliphatic rings. The lowest BCUT2D eigenvalue weighted by molar-refractivity contribution is -0.120. The maximum absolute atomic E-state index is 13.8. The normalized spacial score (nSPS) is 16.4. The maximum Gasteiger partial charge on any atom is 0.229 e. The van der Waals surface area contributed by atoms with Gasteiger partial charge in [0, 0.05) is 23.8 Å². The summed E-state index contributed by atoms with van der Waals surface area (Å²) in [5.74, 6) is -0.470. The molecule has 3 heterocycles. The van der Waals surface area contributed by atoms with Gasteiger partial charge >= 0.3 is 0 Å². The van der Waals surface area contributed by atoms with Gasteiger partial charge in [-0.2, -0.15) is 10.1 Å².